The largest absolute Gasteiger partial charge is 0.455 e. The highest BCUT2D eigenvalue weighted by molar-refractivity contribution is 7.97. The molecule has 0 aliphatic heterocycles. The van der Waals surface area contributed by atoms with E-state index in [1.807, 2.05) is 30.3 Å². The first-order valence-corrected chi connectivity index (χ1v) is 10.8. The molecule has 1 fully saturated rings. The van der Waals surface area contributed by atoms with Crippen LogP contribution in [0.2, 0.25) is 5.02 Å². The number of benzene rings is 1. The van der Waals surface area contributed by atoms with Crippen LogP contribution >= 0.6 is 23.4 Å². The minimum absolute atomic E-state index is 0.0927. The second-order valence-electron chi connectivity index (χ2n) is 7.23. The van der Waals surface area contributed by atoms with Gasteiger partial charge in [-0.1, -0.05) is 50.4 Å². The van der Waals surface area contributed by atoms with Crippen molar-refractivity contribution in [3.8, 4) is 0 Å². The van der Waals surface area contributed by atoms with Gasteiger partial charge in [0.15, 0.2) is 5.76 Å². The Labute approximate surface area is 164 Å². The summed E-state index contributed by atoms with van der Waals surface area (Å²) in [5.41, 5.74) is 1.23. The number of nitrogens with one attached hydrogen (secondary N) is 1. The molecule has 0 spiro atoms. The molecule has 1 aromatic heterocycles. The fraction of sp³-hybridized carbons (Fsp3) is 0.476. The lowest BCUT2D eigenvalue weighted by Gasteiger charge is -2.34. The maximum atomic E-state index is 12.5. The molecular formula is C21H26ClNO2S. The maximum absolute atomic E-state index is 12.5. The molecule has 1 aliphatic rings. The Balaban J connectivity index is 1.49. The van der Waals surface area contributed by atoms with E-state index in [1.165, 1.54) is 18.4 Å². The van der Waals surface area contributed by atoms with Crippen LogP contribution < -0.4 is 5.32 Å². The monoisotopic (exact) mass is 391 g/mol. The summed E-state index contributed by atoms with van der Waals surface area (Å²) in [7, 11) is 0. The molecule has 1 heterocycles. The second kappa shape index (κ2) is 9.01. The highest BCUT2D eigenvalue weighted by atomic mass is 35.5. The van der Waals surface area contributed by atoms with Gasteiger partial charge < -0.3 is 9.73 Å². The zero-order valence-corrected chi connectivity index (χ0v) is 16.9. The van der Waals surface area contributed by atoms with Crippen LogP contribution in [0.1, 0.15) is 55.0 Å². The van der Waals surface area contributed by atoms with Crippen molar-refractivity contribution >= 4 is 29.3 Å². The molecule has 1 N–H and O–H groups in total. The average Bonchev–Trinajstić information content (AvgIpc) is 3.10. The Morgan fingerprint density at radius 3 is 2.69 bits per heavy atom. The lowest BCUT2D eigenvalue weighted by Crippen LogP contribution is -2.43. The summed E-state index contributed by atoms with van der Waals surface area (Å²) in [6.45, 7) is 4.50. The topological polar surface area (TPSA) is 42.2 Å². The Bertz CT molecular complexity index is 728. The van der Waals surface area contributed by atoms with Gasteiger partial charge in [0.25, 0.3) is 5.91 Å². The average molecular weight is 392 g/mol. The van der Waals surface area contributed by atoms with E-state index >= 15 is 0 Å². The quantitative estimate of drug-likeness (QED) is 0.664. The molecule has 140 valence electrons. The molecule has 1 aromatic carbocycles. The summed E-state index contributed by atoms with van der Waals surface area (Å²) in [4.78, 5) is 12.5. The van der Waals surface area contributed by atoms with E-state index < -0.39 is 0 Å². The Morgan fingerprint density at radius 1 is 1.15 bits per heavy atom. The molecule has 1 saturated carbocycles. The number of furan rings is 1. The molecule has 0 unspecified atom stereocenters. The Morgan fingerprint density at radius 2 is 1.92 bits per heavy atom. The first-order valence-electron chi connectivity index (χ1n) is 9.24. The number of hydrogen-bond acceptors (Lipinski definition) is 3. The minimum Gasteiger partial charge on any atom is -0.455 e. The third kappa shape index (κ3) is 5.08. The first kappa shape index (κ1) is 19.4. The van der Waals surface area contributed by atoms with Gasteiger partial charge in [0.2, 0.25) is 0 Å². The van der Waals surface area contributed by atoms with Crippen LogP contribution in [0, 0.1) is 11.8 Å². The molecule has 1 aliphatic carbocycles. The summed E-state index contributed by atoms with van der Waals surface area (Å²) in [5.74, 6) is 3.95. The van der Waals surface area contributed by atoms with Crippen LogP contribution in [0.5, 0.6) is 0 Å². The fourth-order valence-electron chi connectivity index (χ4n) is 3.45. The van der Waals surface area contributed by atoms with Crippen molar-refractivity contribution in [3.05, 3.63) is 58.5 Å². The van der Waals surface area contributed by atoms with E-state index in [4.69, 9.17) is 16.0 Å². The third-order valence-corrected chi connectivity index (χ3v) is 6.61. The van der Waals surface area contributed by atoms with Gasteiger partial charge in [-0.05, 0) is 48.1 Å². The fourth-order valence-corrected chi connectivity index (χ4v) is 4.47. The van der Waals surface area contributed by atoms with E-state index in [9.17, 15) is 4.79 Å². The molecule has 0 saturated heterocycles. The number of carbonyl (C=O) groups is 1. The number of thioether (sulfide) groups is 1. The first-order chi connectivity index (χ1) is 12.5. The maximum Gasteiger partial charge on any atom is 0.287 e. The van der Waals surface area contributed by atoms with E-state index in [-0.39, 0.29) is 11.9 Å². The van der Waals surface area contributed by atoms with Gasteiger partial charge >= 0.3 is 0 Å². The summed E-state index contributed by atoms with van der Waals surface area (Å²) >= 11 is 7.66. The van der Waals surface area contributed by atoms with Gasteiger partial charge in [0, 0.05) is 16.8 Å². The molecule has 1 amide bonds. The van der Waals surface area contributed by atoms with Gasteiger partial charge in [-0.15, -0.1) is 11.8 Å². The summed E-state index contributed by atoms with van der Waals surface area (Å²) < 4.78 is 5.75. The van der Waals surface area contributed by atoms with Gasteiger partial charge in [0.1, 0.15) is 5.76 Å². The van der Waals surface area contributed by atoms with Crippen LogP contribution in [0.15, 0.2) is 40.8 Å². The minimum atomic E-state index is -0.0927. The van der Waals surface area contributed by atoms with Crippen LogP contribution in [-0.4, -0.2) is 11.9 Å². The van der Waals surface area contributed by atoms with Crippen molar-refractivity contribution in [1.82, 2.24) is 5.32 Å². The molecule has 0 radical (unpaired) electrons. The number of hydrogen-bond donors (Lipinski definition) is 1. The van der Waals surface area contributed by atoms with Crippen LogP contribution in [0.3, 0.4) is 0 Å². The Kier molecular flexibility index (Phi) is 6.71. The molecule has 0 bridgehead atoms. The molecule has 3 atom stereocenters. The SMILES string of the molecule is C[C@@H]1[C@H](C)CCC[C@@H]1NC(=O)c1ccc(CSCc2ccc(Cl)cc2)o1. The lowest BCUT2D eigenvalue weighted by molar-refractivity contribution is 0.0861. The normalized spacial score (nSPS) is 23.0. The summed E-state index contributed by atoms with van der Waals surface area (Å²) in [5, 5.41) is 3.92. The predicted molar refractivity (Wildman–Crippen MR) is 109 cm³/mol. The van der Waals surface area contributed by atoms with Gasteiger partial charge in [-0.2, -0.15) is 0 Å². The van der Waals surface area contributed by atoms with E-state index in [0.717, 1.165) is 28.7 Å². The van der Waals surface area contributed by atoms with Crippen LogP contribution in [0.25, 0.3) is 0 Å². The number of carbonyl (C=O) groups excluding carboxylic acids is 1. The van der Waals surface area contributed by atoms with Gasteiger partial charge in [0.05, 0.1) is 5.75 Å². The number of halogens is 1. The predicted octanol–water partition coefficient (Wildman–Crippen LogP) is 5.92. The van der Waals surface area contributed by atoms with E-state index in [0.29, 0.717) is 17.6 Å². The zero-order chi connectivity index (χ0) is 18.5. The molecule has 26 heavy (non-hydrogen) atoms. The van der Waals surface area contributed by atoms with Crippen molar-refractivity contribution in [2.45, 2.75) is 50.7 Å². The summed E-state index contributed by atoms with van der Waals surface area (Å²) in [6, 6.07) is 11.8. The van der Waals surface area contributed by atoms with Crippen molar-refractivity contribution < 1.29 is 9.21 Å². The highest BCUT2D eigenvalue weighted by Crippen LogP contribution is 2.29. The number of amides is 1. The van der Waals surface area contributed by atoms with Crippen LogP contribution in [-0.2, 0) is 11.5 Å². The lowest BCUT2D eigenvalue weighted by atomic mass is 9.78. The zero-order valence-electron chi connectivity index (χ0n) is 15.3. The van der Waals surface area contributed by atoms with Crippen LogP contribution in [0.4, 0.5) is 0 Å². The highest BCUT2D eigenvalue weighted by Gasteiger charge is 2.29. The molecule has 3 nitrogen and oxygen atoms in total. The molecular weight excluding hydrogens is 366 g/mol. The van der Waals surface area contributed by atoms with Gasteiger partial charge in [-0.25, -0.2) is 0 Å². The smallest absolute Gasteiger partial charge is 0.287 e. The molecule has 2 aromatic rings. The van der Waals surface area contributed by atoms with Crippen molar-refractivity contribution in [2.75, 3.05) is 0 Å². The van der Waals surface area contributed by atoms with Crippen molar-refractivity contribution in [3.63, 3.8) is 0 Å². The Hall–Kier alpha value is -1.39. The van der Waals surface area contributed by atoms with Crippen molar-refractivity contribution in [1.29, 1.82) is 0 Å². The molecule has 5 heteroatoms. The number of rotatable bonds is 6. The molecule has 3 rings (SSSR count). The van der Waals surface area contributed by atoms with E-state index in [1.54, 1.807) is 17.8 Å². The van der Waals surface area contributed by atoms with Crippen molar-refractivity contribution in [2.24, 2.45) is 11.8 Å². The second-order valence-corrected chi connectivity index (χ2v) is 8.65. The third-order valence-electron chi connectivity index (χ3n) is 5.34. The summed E-state index contributed by atoms with van der Waals surface area (Å²) in [6.07, 6.45) is 3.49. The van der Waals surface area contributed by atoms with E-state index in [2.05, 4.69) is 19.2 Å². The van der Waals surface area contributed by atoms with Gasteiger partial charge in [-0.3, -0.25) is 4.79 Å². The standard InChI is InChI=1S/C21H26ClNO2S/c1-14-4-3-5-19(15(14)2)23-21(24)20-11-10-18(25-20)13-26-12-16-6-8-17(22)9-7-16/h6-11,14-15,19H,3-5,12-13H2,1-2H3,(H,23,24)/t14-,15-,19+/m1/s1.